The van der Waals surface area contributed by atoms with Crippen molar-refractivity contribution in [1.82, 2.24) is 0 Å². The molecule has 0 bridgehead atoms. The standard InChI is InChI=1S/C10H21N.CN/c1-3-5-6-10-7-8-11(4-2)9-10;1-2/h10H,3-9H2,1-2H3;/q;-1/p+1. The van der Waals surface area contributed by atoms with Gasteiger partial charge in [-0.2, -0.15) is 0 Å². The molecule has 1 heterocycles. The summed E-state index contributed by atoms with van der Waals surface area (Å²) in [6.07, 6.45) is 5.79. The molecule has 1 aliphatic rings. The molecule has 0 aromatic rings. The average Bonchev–Trinajstić information content (AvgIpc) is 2.65. The number of quaternary nitrogens is 1. The molecule has 0 amide bonds. The van der Waals surface area contributed by atoms with Crippen LogP contribution in [-0.2, 0) is 0 Å². The maximum Gasteiger partial charge on any atom is 0.0801 e. The van der Waals surface area contributed by atoms with Crippen molar-refractivity contribution in [2.75, 3.05) is 19.6 Å². The lowest BCUT2D eigenvalue weighted by Crippen LogP contribution is -3.09. The smallest absolute Gasteiger partial charge is 0.0801 e. The quantitative estimate of drug-likeness (QED) is 0.650. The Labute approximate surface area is 82.5 Å². The van der Waals surface area contributed by atoms with Gasteiger partial charge in [-0.25, -0.2) is 0 Å². The molecule has 0 aromatic heterocycles. The van der Waals surface area contributed by atoms with Crippen molar-refractivity contribution in [2.24, 2.45) is 5.92 Å². The Hall–Kier alpha value is -0.550. The molecule has 0 radical (unpaired) electrons. The van der Waals surface area contributed by atoms with E-state index >= 15 is 0 Å². The van der Waals surface area contributed by atoms with Gasteiger partial charge in [0.05, 0.1) is 19.6 Å². The lowest BCUT2D eigenvalue weighted by atomic mass is 10.0. The molecule has 0 aromatic carbocycles. The van der Waals surface area contributed by atoms with Gasteiger partial charge in [-0.05, 0) is 13.3 Å². The summed E-state index contributed by atoms with van der Waals surface area (Å²) in [5, 5.41) is 6.25. The number of likely N-dealkylation sites (tertiary alicyclic amines) is 1. The molecule has 2 heteroatoms. The molecule has 0 aliphatic carbocycles. The zero-order valence-electron chi connectivity index (χ0n) is 8.97. The summed E-state index contributed by atoms with van der Waals surface area (Å²) in [6, 6.07) is 0. The monoisotopic (exact) mass is 182 g/mol. The molecule has 2 unspecified atom stereocenters. The average molecular weight is 182 g/mol. The molecule has 1 saturated heterocycles. The van der Waals surface area contributed by atoms with Crippen LogP contribution in [0, 0.1) is 17.8 Å². The highest BCUT2D eigenvalue weighted by Crippen LogP contribution is 2.12. The lowest BCUT2D eigenvalue weighted by molar-refractivity contribution is -0.887. The van der Waals surface area contributed by atoms with Crippen molar-refractivity contribution < 1.29 is 4.90 Å². The number of hydrogen-bond acceptors (Lipinski definition) is 1. The van der Waals surface area contributed by atoms with E-state index in [1.165, 1.54) is 45.3 Å². The zero-order chi connectivity index (χ0) is 10.1. The van der Waals surface area contributed by atoms with E-state index in [-0.39, 0.29) is 0 Å². The number of rotatable bonds is 4. The SMILES string of the molecule is CCCCC1CC[NH+](CC)C1.[C-]#N. The summed E-state index contributed by atoms with van der Waals surface area (Å²) in [5.41, 5.74) is 0. The van der Waals surface area contributed by atoms with Crippen LogP contribution in [0.4, 0.5) is 0 Å². The number of hydrogen-bond donors (Lipinski definition) is 1. The van der Waals surface area contributed by atoms with Gasteiger partial charge in [0.1, 0.15) is 0 Å². The Morgan fingerprint density at radius 1 is 1.38 bits per heavy atom. The predicted octanol–water partition coefficient (Wildman–Crippen LogP) is 1.20. The van der Waals surface area contributed by atoms with Crippen LogP contribution in [0.2, 0.25) is 0 Å². The van der Waals surface area contributed by atoms with Crippen molar-refractivity contribution in [2.45, 2.75) is 39.5 Å². The van der Waals surface area contributed by atoms with Gasteiger partial charge in [0.25, 0.3) is 0 Å². The summed E-state index contributed by atoms with van der Waals surface area (Å²) in [4.78, 5) is 1.83. The van der Waals surface area contributed by atoms with E-state index in [4.69, 9.17) is 11.8 Å². The highest BCUT2D eigenvalue weighted by atomic mass is 15.1. The van der Waals surface area contributed by atoms with Gasteiger partial charge in [-0.1, -0.05) is 19.8 Å². The number of nitrogens with zero attached hydrogens (tertiary/aromatic N) is 1. The second kappa shape index (κ2) is 8.07. The second-order valence-corrected chi connectivity index (χ2v) is 3.85. The third-order valence-corrected chi connectivity index (χ3v) is 2.95. The van der Waals surface area contributed by atoms with Crippen molar-refractivity contribution in [3.63, 3.8) is 0 Å². The van der Waals surface area contributed by atoms with E-state index in [1.807, 2.05) is 4.90 Å². The molecular formula is C11H22N2. The zero-order valence-corrected chi connectivity index (χ0v) is 8.97. The van der Waals surface area contributed by atoms with Crippen molar-refractivity contribution in [1.29, 1.82) is 5.26 Å². The molecule has 0 spiro atoms. The molecular weight excluding hydrogens is 160 g/mol. The Bertz CT molecular complexity index is 131. The summed E-state index contributed by atoms with van der Waals surface area (Å²) >= 11 is 0. The van der Waals surface area contributed by atoms with E-state index in [0.29, 0.717) is 0 Å². The Morgan fingerprint density at radius 2 is 2.08 bits per heavy atom. The van der Waals surface area contributed by atoms with Crippen molar-refractivity contribution in [3.8, 4) is 0 Å². The minimum atomic E-state index is 1.06. The lowest BCUT2D eigenvalue weighted by Gasteiger charge is -2.09. The Morgan fingerprint density at radius 3 is 2.54 bits per heavy atom. The molecule has 2 atom stereocenters. The first-order chi connectivity index (χ1) is 6.36. The highest BCUT2D eigenvalue weighted by Gasteiger charge is 2.23. The van der Waals surface area contributed by atoms with E-state index in [0.717, 1.165) is 5.92 Å². The normalized spacial score (nSPS) is 26.5. The molecule has 1 aliphatic heterocycles. The van der Waals surface area contributed by atoms with E-state index < -0.39 is 0 Å². The van der Waals surface area contributed by atoms with Crippen LogP contribution in [0.3, 0.4) is 0 Å². The molecule has 1 N–H and O–H groups in total. The fraction of sp³-hybridized carbons (Fsp3) is 0.909. The van der Waals surface area contributed by atoms with Crippen LogP contribution in [0.5, 0.6) is 0 Å². The Kier molecular flexibility index (Phi) is 7.73. The number of nitrogens with one attached hydrogen (secondary N) is 1. The first kappa shape index (κ1) is 12.4. The third kappa shape index (κ3) is 4.90. The molecule has 76 valence electrons. The summed E-state index contributed by atoms with van der Waals surface area (Å²) in [5.74, 6) is 1.06. The van der Waals surface area contributed by atoms with E-state index in [2.05, 4.69) is 13.8 Å². The van der Waals surface area contributed by atoms with Crippen LogP contribution >= 0.6 is 0 Å². The summed E-state index contributed by atoms with van der Waals surface area (Å²) in [7, 11) is 0. The van der Waals surface area contributed by atoms with Crippen LogP contribution < -0.4 is 4.90 Å². The first-order valence-electron chi connectivity index (χ1n) is 5.42. The molecule has 1 fully saturated rings. The first-order valence-corrected chi connectivity index (χ1v) is 5.42. The fourth-order valence-electron chi connectivity index (χ4n) is 2.08. The highest BCUT2D eigenvalue weighted by molar-refractivity contribution is 4.61. The largest absolute Gasteiger partial charge is 0.512 e. The van der Waals surface area contributed by atoms with Crippen LogP contribution in [0.15, 0.2) is 0 Å². The minimum absolute atomic E-state index is 1.06. The summed E-state index contributed by atoms with van der Waals surface area (Å²) < 4.78 is 0. The van der Waals surface area contributed by atoms with Crippen LogP contribution in [0.25, 0.3) is 0 Å². The van der Waals surface area contributed by atoms with Crippen LogP contribution in [0.1, 0.15) is 39.5 Å². The maximum atomic E-state index is 6.25. The van der Waals surface area contributed by atoms with Crippen molar-refractivity contribution in [3.05, 3.63) is 6.57 Å². The van der Waals surface area contributed by atoms with Gasteiger partial charge in [0.15, 0.2) is 0 Å². The van der Waals surface area contributed by atoms with Gasteiger partial charge >= 0.3 is 0 Å². The molecule has 13 heavy (non-hydrogen) atoms. The van der Waals surface area contributed by atoms with Gasteiger partial charge in [0.2, 0.25) is 0 Å². The van der Waals surface area contributed by atoms with Gasteiger partial charge in [-0.3, -0.25) is 0 Å². The summed E-state index contributed by atoms with van der Waals surface area (Å²) in [6.45, 7) is 13.6. The molecule has 1 rings (SSSR count). The Balaban J connectivity index is 0.000000671. The maximum absolute atomic E-state index is 6.25. The third-order valence-electron chi connectivity index (χ3n) is 2.95. The van der Waals surface area contributed by atoms with Gasteiger partial charge in [-0.15, -0.1) is 0 Å². The van der Waals surface area contributed by atoms with E-state index in [1.54, 1.807) is 0 Å². The topological polar surface area (TPSA) is 28.2 Å². The minimum Gasteiger partial charge on any atom is -0.512 e. The molecule has 2 nitrogen and oxygen atoms in total. The van der Waals surface area contributed by atoms with Crippen molar-refractivity contribution >= 4 is 0 Å². The predicted molar refractivity (Wildman–Crippen MR) is 53.8 cm³/mol. The fourth-order valence-corrected chi connectivity index (χ4v) is 2.08. The van der Waals surface area contributed by atoms with Gasteiger partial charge in [0, 0.05) is 12.3 Å². The van der Waals surface area contributed by atoms with Crippen LogP contribution in [-0.4, -0.2) is 19.6 Å². The van der Waals surface area contributed by atoms with E-state index in [9.17, 15) is 0 Å². The molecule has 0 saturated carbocycles. The number of unbranched alkanes of at least 4 members (excludes halogenated alkanes) is 1. The van der Waals surface area contributed by atoms with Gasteiger partial charge < -0.3 is 16.7 Å². The second-order valence-electron chi connectivity index (χ2n) is 3.85.